The Morgan fingerprint density at radius 2 is 2.00 bits per heavy atom. The van der Waals surface area contributed by atoms with Gasteiger partial charge >= 0.3 is 0 Å². The quantitative estimate of drug-likeness (QED) is 0.873. The summed E-state index contributed by atoms with van der Waals surface area (Å²) in [6.45, 7) is 4.11. The van der Waals surface area contributed by atoms with Crippen molar-refractivity contribution in [3.8, 4) is 22.9 Å². The van der Waals surface area contributed by atoms with E-state index < -0.39 is 0 Å². The minimum atomic E-state index is 0.206. The molecule has 0 atom stereocenters. The second-order valence-electron chi connectivity index (χ2n) is 4.38. The maximum Gasteiger partial charge on any atom is 0.195 e. The van der Waals surface area contributed by atoms with Crippen molar-refractivity contribution in [3.05, 3.63) is 23.0 Å². The molecule has 0 aliphatic heterocycles. The standard InChI is InChI=1S/C13H17N3O2S/c1-8(2)16-12(14-15-13(16)19)10-7-9(17-3)5-6-11(10)18-4/h5-8H,1-4H3,(H,15,19). The number of aromatic nitrogens is 3. The Morgan fingerprint density at radius 3 is 2.58 bits per heavy atom. The molecule has 0 unspecified atom stereocenters. The van der Waals surface area contributed by atoms with Crippen molar-refractivity contribution in [2.75, 3.05) is 14.2 Å². The smallest absolute Gasteiger partial charge is 0.195 e. The highest BCUT2D eigenvalue weighted by molar-refractivity contribution is 7.71. The van der Waals surface area contributed by atoms with Crippen LogP contribution in [-0.2, 0) is 0 Å². The van der Waals surface area contributed by atoms with Crippen LogP contribution in [0.2, 0.25) is 0 Å². The molecule has 1 aromatic heterocycles. The van der Waals surface area contributed by atoms with Crippen LogP contribution in [0.1, 0.15) is 19.9 Å². The second-order valence-corrected chi connectivity index (χ2v) is 4.77. The molecule has 2 rings (SSSR count). The summed E-state index contributed by atoms with van der Waals surface area (Å²) in [5.41, 5.74) is 0.850. The maximum atomic E-state index is 5.39. The Bertz CT molecular complexity index is 631. The largest absolute Gasteiger partial charge is 0.497 e. The summed E-state index contributed by atoms with van der Waals surface area (Å²) in [4.78, 5) is 0. The lowest BCUT2D eigenvalue weighted by Crippen LogP contribution is -2.04. The van der Waals surface area contributed by atoms with Crippen LogP contribution in [0, 0.1) is 4.77 Å². The molecular formula is C13H17N3O2S. The van der Waals surface area contributed by atoms with Gasteiger partial charge in [-0.05, 0) is 44.3 Å². The van der Waals surface area contributed by atoms with Gasteiger partial charge in [0.15, 0.2) is 10.6 Å². The van der Waals surface area contributed by atoms with Gasteiger partial charge in [0.25, 0.3) is 0 Å². The summed E-state index contributed by atoms with van der Waals surface area (Å²) in [7, 11) is 3.26. The van der Waals surface area contributed by atoms with E-state index in [1.165, 1.54) is 0 Å². The molecule has 0 spiro atoms. The van der Waals surface area contributed by atoms with Gasteiger partial charge in [0.05, 0.1) is 19.8 Å². The zero-order chi connectivity index (χ0) is 14.0. The number of benzene rings is 1. The van der Waals surface area contributed by atoms with Crippen LogP contribution < -0.4 is 9.47 Å². The number of hydrogen-bond donors (Lipinski definition) is 1. The first-order chi connectivity index (χ1) is 9.08. The van der Waals surface area contributed by atoms with E-state index in [0.717, 1.165) is 22.9 Å². The molecule has 0 aliphatic carbocycles. The molecule has 0 radical (unpaired) electrons. The highest BCUT2D eigenvalue weighted by Crippen LogP contribution is 2.33. The fourth-order valence-electron chi connectivity index (χ4n) is 1.96. The molecule has 0 amide bonds. The van der Waals surface area contributed by atoms with Gasteiger partial charge in [-0.15, -0.1) is 0 Å². The van der Waals surface area contributed by atoms with Gasteiger partial charge in [0.1, 0.15) is 11.5 Å². The minimum absolute atomic E-state index is 0.206. The predicted molar refractivity (Wildman–Crippen MR) is 76.3 cm³/mol. The second kappa shape index (κ2) is 5.44. The number of H-pyrrole nitrogens is 1. The predicted octanol–water partition coefficient (Wildman–Crippen LogP) is 3.21. The van der Waals surface area contributed by atoms with E-state index in [9.17, 15) is 0 Å². The first-order valence-corrected chi connectivity index (χ1v) is 6.38. The SMILES string of the molecule is COc1ccc(OC)c(-c2n[nH]c(=S)n2C(C)C)c1. The third-order valence-electron chi connectivity index (χ3n) is 2.87. The van der Waals surface area contributed by atoms with Gasteiger partial charge in [0.2, 0.25) is 0 Å². The van der Waals surface area contributed by atoms with E-state index in [1.54, 1.807) is 14.2 Å². The number of rotatable bonds is 4. The lowest BCUT2D eigenvalue weighted by molar-refractivity contribution is 0.404. The van der Waals surface area contributed by atoms with Gasteiger partial charge in [-0.3, -0.25) is 9.67 Å². The first kappa shape index (κ1) is 13.6. The number of nitrogens with one attached hydrogen (secondary N) is 1. The lowest BCUT2D eigenvalue weighted by atomic mass is 10.1. The fraction of sp³-hybridized carbons (Fsp3) is 0.385. The van der Waals surface area contributed by atoms with Crippen LogP contribution in [0.15, 0.2) is 18.2 Å². The molecule has 0 fully saturated rings. The lowest BCUT2D eigenvalue weighted by Gasteiger charge is -2.13. The number of aromatic amines is 1. The maximum absolute atomic E-state index is 5.39. The van der Waals surface area contributed by atoms with Crippen molar-refractivity contribution in [1.82, 2.24) is 14.8 Å². The molecule has 0 aliphatic rings. The molecule has 0 saturated carbocycles. The average molecular weight is 279 g/mol. The monoisotopic (exact) mass is 279 g/mol. The van der Waals surface area contributed by atoms with Crippen molar-refractivity contribution in [2.24, 2.45) is 0 Å². The summed E-state index contributed by atoms with van der Waals surface area (Å²) in [6.07, 6.45) is 0. The van der Waals surface area contributed by atoms with Crippen LogP contribution in [0.4, 0.5) is 0 Å². The molecule has 19 heavy (non-hydrogen) atoms. The van der Waals surface area contributed by atoms with Gasteiger partial charge < -0.3 is 9.47 Å². The molecule has 0 bridgehead atoms. The first-order valence-electron chi connectivity index (χ1n) is 5.97. The van der Waals surface area contributed by atoms with Gasteiger partial charge in [-0.2, -0.15) is 5.10 Å². The Balaban J connectivity index is 2.67. The van der Waals surface area contributed by atoms with E-state index in [-0.39, 0.29) is 6.04 Å². The van der Waals surface area contributed by atoms with Crippen molar-refractivity contribution in [2.45, 2.75) is 19.9 Å². The van der Waals surface area contributed by atoms with Crippen molar-refractivity contribution >= 4 is 12.2 Å². The van der Waals surface area contributed by atoms with E-state index >= 15 is 0 Å². The molecule has 0 saturated heterocycles. The Morgan fingerprint density at radius 1 is 1.26 bits per heavy atom. The highest BCUT2D eigenvalue weighted by Gasteiger charge is 2.16. The molecule has 6 heteroatoms. The third-order valence-corrected chi connectivity index (χ3v) is 3.16. The zero-order valence-electron chi connectivity index (χ0n) is 11.4. The normalized spacial score (nSPS) is 10.8. The molecule has 2 aromatic rings. The van der Waals surface area contributed by atoms with Crippen LogP contribution in [0.5, 0.6) is 11.5 Å². The molecule has 1 N–H and O–H groups in total. The summed E-state index contributed by atoms with van der Waals surface area (Å²) < 4.78 is 13.2. The number of methoxy groups -OCH3 is 2. The number of hydrogen-bond acceptors (Lipinski definition) is 4. The van der Waals surface area contributed by atoms with Crippen molar-refractivity contribution in [1.29, 1.82) is 0 Å². The highest BCUT2D eigenvalue weighted by atomic mass is 32.1. The molecular weight excluding hydrogens is 262 g/mol. The van der Waals surface area contributed by atoms with Crippen LogP contribution in [0.3, 0.4) is 0 Å². The molecule has 102 valence electrons. The molecule has 1 aromatic carbocycles. The Hall–Kier alpha value is -1.82. The third kappa shape index (κ3) is 2.49. The van der Waals surface area contributed by atoms with E-state index in [4.69, 9.17) is 21.7 Å². The topological polar surface area (TPSA) is 52.1 Å². The summed E-state index contributed by atoms with van der Waals surface area (Å²) >= 11 is 5.26. The summed E-state index contributed by atoms with van der Waals surface area (Å²) in [5.74, 6) is 2.23. The molecule has 5 nitrogen and oxygen atoms in total. The van der Waals surface area contributed by atoms with Gasteiger partial charge in [0, 0.05) is 6.04 Å². The van der Waals surface area contributed by atoms with Gasteiger partial charge in [-0.1, -0.05) is 0 Å². The van der Waals surface area contributed by atoms with E-state index in [0.29, 0.717) is 4.77 Å². The molecule has 1 heterocycles. The fourth-order valence-corrected chi connectivity index (χ4v) is 2.31. The number of nitrogens with zero attached hydrogens (tertiary/aromatic N) is 2. The Labute approximate surface area is 117 Å². The van der Waals surface area contributed by atoms with E-state index in [2.05, 4.69) is 24.0 Å². The van der Waals surface area contributed by atoms with Crippen LogP contribution in [0.25, 0.3) is 11.4 Å². The van der Waals surface area contributed by atoms with Crippen LogP contribution in [-0.4, -0.2) is 29.0 Å². The minimum Gasteiger partial charge on any atom is -0.497 e. The van der Waals surface area contributed by atoms with Crippen LogP contribution >= 0.6 is 12.2 Å². The summed E-state index contributed by atoms with van der Waals surface area (Å²) in [6, 6.07) is 5.81. The van der Waals surface area contributed by atoms with Gasteiger partial charge in [-0.25, -0.2) is 0 Å². The van der Waals surface area contributed by atoms with Crippen molar-refractivity contribution in [3.63, 3.8) is 0 Å². The van der Waals surface area contributed by atoms with E-state index in [1.807, 2.05) is 22.8 Å². The summed E-state index contributed by atoms with van der Waals surface area (Å²) in [5, 5.41) is 7.13. The number of ether oxygens (including phenoxy) is 2. The van der Waals surface area contributed by atoms with Crippen molar-refractivity contribution < 1.29 is 9.47 Å². The average Bonchev–Trinajstić information content (AvgIpc) is 2.79. The Kier molecular flexibility index (Phi) is 3.90. The zero-order valence-corrected chi connectivity index (χ0v) is 12.2.